The number of carbonyl (C=O) groups is 1. The van der Waals surface area contributed by atoms with Crippen molar-refractivity contribution in [2.45, 2.75) is 19.6 Å². The fourth-order valence-electron chi connectivity index (χ4n) is 2.49. The average Bonchev–Trinajstić information content (AvgIpc) is 2.96. The number of rotatable bonds is 3. The van der Waals surface area contributed by atoms with E-state index in [9.17, 15) is 22.8 Å². The standard InChI is InChI=1S/C15H12F3N5O2/c1-8-2-3-11-20-9(6-12(24)23(11)13(8)14(19)25)7-22-5-4-10(21-22)15(16,17)18/h2-6H,7H2,1H3,(H2,19,25). The van der Waals surface area contributed by atoms with Gasteiger partial charge in [0.2, 0.25) is 0 Å². The molecule has 0 aromatic carbocycles. The van der Waals surface area contributed by atoms with Gasteiger partial charge in [-0.2, -0.15) is 18.3 Å². The van der Waals surface area contributed by atoms with E-state index >= 15 is 0 Å². The third-order valence-corrected chi connectivity index (χ3v) is 3.57. The number of nitrogens with two attached hydrogens (primary N) is 1. The van der Waals surface area contributed by atoms with Gasteiger partial charge in [0.05, 0.1) is 12.2 Å². The maximum atomic E-state index is 12.6. The van der Waals surface area contributed by atoms with Crippen LogP contribution in [0, 0.1) is 6.92 Å². The zero-order valence-corrected chi connectivity index (χ0v) is 12.9. The Morgan fingerprint density at radius 3 is 2.60 bits per heavy atom. The van der Waals surface area contributed by atoms with Crippen LogP contribution in [0.1, 0.15) is 27.4 Å². The Kier molecular flexibility index (Phi) is 3.82. The molecule has 0 saturated heterocycles. The number of fused-ring (bicyclic) bond motifs is 1. The highest BCUT2D eigenvalue weighted by Gasteiger charge is 2.33. The molecule has 25 heavy (non-hydrogen) atoms. The first-order valence-electron chi connectivity index (χ1n) is 7.09. The van der Waals surface area contributed by atoms with Gasteiger partial charge in [-0.05, 0) is 24.6 Å². The molecule has 3 heterocycles. The summed E-state index contributed by atoms with van der Waals surface area (Å²) in [6.07, 6.45) is -3.40. The first kappa shape index (κ1) is 16.7. The highest BCUT2D eigenvalue weighted by molar-refractivity contribution is 5.93. The predicted octanol–water partition coefficient (Wildman–Crippen LogP) is 1.37. The van der Waals surface area contributed by atoms with Crippen LogP contribution in [-0.2, 0) is 12.7 Å². The van der Waals surface area contributed by atoms with E-state index < -0.39 is 23.3 Å². The van der Waals surface area contributed by atoms with Crippen LogP contribution in [0.4, 0.5) is 13.2 Å². The Bertz CT molecular complexity index is 1040. The Morgan fingerprint density at radius 1 is 1.28 bits per heavy atom. The Hall–Kier alpha value is -3.17. The fourth-order valence-corrected chi connectivity index (χ4v) is 2.49. The number of hydrogen-bond donors (Lipinski definition) is 1. The molecule has 0 saturated carbocycles. The molecule has 0 aliphatic heterocycles. The van der Waals surface area contributed by atoms with Crippen molar-refractivity contribution in [2.24, 2.45) is 5.73 Å². The van der Waals surface area contributed by atoms with Crippen LogP contribution in [0.5, 0.6) is 0 Å². The number of alkyl halides is 3. The number of amides is 1. The number of halogens is 3. The molecule has 130 valence electrons. The fraction of sp³-hybridized carbons (Fsp3) is 0.200. The lowest BCUT2D eigenvalue weighted by Gasteiger charge is -2.10. The second-order valence-electron chi connectivity index (χ2n) is 5.40. The van der Waals surface area contributed by atoms with E-state index in [0.29, 0.717) is 5.56 Å². The molecular formula is C15H12F3N5O2. The van der Waals surface area contributed by atoms with Crippen LogP contribution < -0.4 is 11.3 Å². The van der Waals surface area contributed by atoms with Crippen LogP contribution in [-0.4, -0.2) is 25.1 Å². The van der Waals surface area contributed by atoms with Gasteiger partial charge in [0.25, 0.3) is 11.5 Å². The zero-order valence-electron chi connectivity index (χ0n) is 12.9. The van der Waals surface area contributed by atoms with Crippen molar-refractivity contribution in [1.29, 1.82) is 0 Å². The van der Waals surface area contributed by atoms with Crippen LogP contribution in [0.3, 0.4) is 0 Å². The lowest BCUT2D eigenvalue weighted by Crippen LogP contribution is -2.26. The zero-order chi connectivity index (χ0) is 18.4. The van der Waals surface area contributed by atoms with E-state index in [1.165, 1.54) is 6.07 Å². The Balaban J connectivity index is 2.05. The monoisotopic (exact) mass is 351 g/mol. The minimum absolute atomic E-state index is 0.0139. The summed E-state index contributed by atoms with van der Waals surface area (Å²) in [7, 11) is 0. The minimum atomic E-state index is -4.55. The lowest BCUT2D eigenvalue weighted by molar-refractivity contribution is -0.141. The summed E-state index contributed by atoms with van der Waals surface area (Å²) in [5.74, 6) is -0.776. The van der Waals surface area contributed by atoms with E-state index in [4.69, 9.17) is 5.73 Å². The molecule has 3 aromatic rings. The lowest BCUT2D eigenvalue weighted by atomic mass is 10.2. The summed E-state index contributed by atoms with van der Waals surface area (Å²) in [6.45, 7) is 1.50. The highest BCUT2D eigenvalue weighted by atomic mass is 19.4. The van der Waals surface area contributed by atoms with Crippen molar-refractivity contribution in [2.75, 3.05) is 0 Å². The van der Waals surface area contributed by atoms with E-state index in [1.807, 2.05) is 0 Å². The SMILES string of the molecule is Cc1ccc2nc(Cn3ccc(C(F)(F)F)n3)cc(=O)n2c1C(N)=O. The first-order chi connectivity index (χ1) is 11.7. The van der Waals surface area contributed by atoms with Crippen molar-refractivity contribution >= 4 is 11.6 Å². The van der Waals surface area contributed by atoms with Crippen molar-refractivity contribution in [3.05, 3.63) is 63.5 Å². The summed E-state index contributed by atoms with van der Waals surface area (Å²) in [5.41, 5.74) is 4.63. The van der Waals surface area contributed by atoms with Gasteiger partial charge in [0.15, 0.2) is 5.69 Å². The second-order valence-corrected chi connectivity index (χ2v) is 5.40. The molecule has 7 nitrogen and oxygen atoms in total. The van der Waals surface area contributed by atoms with Crippen LogP contribution in [0.2, 0.25) is 0 Å². The molecule has 0 unspecified atom stereocenters. The molecule has 10 heteroatoms. The van der Waals surface area contributed by atoms with Crippen LogP contribution in [0.25, 0.3) is 5.65 Å². The largest absolute Gasteiger partial charge is 0.435 e. The van der Waals surface area contributed by atoms with Gasteiger partial charge in [-0.1, -0.05) is 6.07 Å². The van der Waals surface area contributed by atoms with Crippen molar-refractivity contribution in [1.82, 2.24) is 19.2 Å². The third-order valence-electron chi connectivity index (χ3n) is 3.57. The van der Waals surface area contributed by atoms with Gasteiger partial charge in [-0.3, -0.25) is 18.7 Å². The summed E-state index contributed by atoms with van der Waals surface area (Å²) in [4.78, 5) is 28.1. The third kappa shape index (κ3) is 3.10. The maximum Gasteiger partial charge on any atom is 0.435 e. The van der Waals surface area contributed by atoms with Crippen molar-refractivity contribution < 1.29 is 18.0 Å². The first-order valence-corrected chi connectivity index (χ1v) is 7.09. The van der Waals surface area contributed by atoms with Gasteiger partial charge in [0.1, 0.15) is 11.3 Å². The normalized spacial score (nSPS) is 11.8. The van der Waals surface area contributed by atoms with Gasteiger partial charge >= 0.3 is 6.18 Å². The maximum absolute atomic E-state index is 12.6. The topological polar surface area (TPSA) is 95.3 Å². The highest BCUT2D eigenvalue weighted by Crippen LogP contribution is 2.27. The second kappa shape index (κ2) is 5.72. The molecule has 0 aliphatic carbocycles. The predicted molar refractivity (Wildman–Crippen MR) is 81.0 cm³/mol. The van der Waals surface area contributed by atoms with E-state index in [1.54, 1.807) is 13.0 Å². The molecule has 2 N–H and O–H groups in total. The van der Waals surface area contributed by atoms with Gasteiger partial charge < -0.3 is 5.73 Å². The van der Waals surface area contributed by atoms with Crippen LogP contribution >= 0.6 is 0 Å². The number of hydrogen-bond acceptors (Lipinski definition) is 4. The Labute approximate surface area is 138 Å². The van der Waals surface area contributed by atoms with Gasteiger partial charge in [0, 0.05) is 12.3 Å². The molecule has 0 bridgehead atoms. The number of nitrogens with zero attached hydrogens (tertiary/aromatic N) is 4. The summed E-state index contributed by atoms with van der Waals surface area (Å²) in [6, 6.07) is 5.08. The van der Waals surface area contributed by atoms with E-state index in [0.717, 1.165) is 27.4 Å². The molecule has 0 atom stereocenters. The quantitative estimate of drug-likeness (QED) is 0.771. The van der Waals surface area contributed by atoms with Crippen LogP contribution in [0.15, 0.2) is 35.3 Å². The number of carbonyl (C=O) groups excluding carboxylic acids is 1. The number of primary amides is 1. The van der Waals surface area contributed by atoms with Crippen molar-refractivity contribution in [3.63, 3.8) is 0 Å². The molecule has 3 aromatic heterocycles. The molecule has 0 spiro atoms. The number of pyridine rings is 1. The summed E-state index contributed by atoms with van der Waals surface area (Å²) >= 11 is 0. The Morgan fingerprint density at radius 2 is 2.00 bits per heavy atom. The van der Waals surface area contributed by atoms with E-state index in [-0.39, 0.29) is 23.6 Å². The molecule has 1 amide bonds. The molecule has 3 rings (SSSR count). The molecular weight excluding hydrogens is 339 g/mol. The molecule has 0 radical (unpaired) electrons. The van der Waals surface area contributed by atoms with E-state index in [2.05, 4.69) is 10.1 Å². The average molecular weight is 351 g/mol. The number of aryl methyl sites for hydroxylation is 1. The number of aromatic nitrogens is 4. The summed E-state index contributed by atoms with van der Waals surface area (Å²) in [5, 5.41) is 3.42. The van der Waals surface area contributed by atoms with Gasteiger partial charge in [-0.25, -0.2) is 4.98 Å². The molecule has 0 fully saturated rings. The minimum Gasteiger partial charge on any atom is -0.364 e. The smallest absolute Gasteiger partial charge is 0.364 e. The van der Waals surface area contributed by atoms with Crippen molar-refractivity contribution in [3.8, 4) is 0 Å². The molecule has 0 aliphatic rings. The summed E-state index contributed by atoms with van der Waals surface area (Å²) < 4.78 is 39.9. The van der Waals surface area contributed by atoms with Gasteiger partial charge in [-0.15, -0.1) is 0 Å².